The van der Waals surface area contributed by atoms with Crippen LogP contribution in [-0.4, -0.2) is 91.3 Å². The van der Waals surface area contributed by atoms with E-state index in [2.05, 4.69) is 38.0 Å². The molecule has 7 rings (SSSR count). The minimum Gasteiger partial charge on any atom is -0.372 e. The van der Waals surface area contributed by atoms with Gasteiger partial charge in [0.2, 0.25) is 5.91 Å². The number of benzene rings is 3. The largest absolute Gasteiger partial charge is 0.372 e. The fourth-order valence-electron chi connectivity index (χ4n) is 7.55. The van der Waals surface area contributed by atoms with Crippen LogP contribution in [0.25, 0.3) is 11.3 Å². The third-order valence-corrected chi connectivity index (χ3v) is 10.5. The number of hydrogen-bond donors (Lipinski definition) is 3. The van der Waals surface area contributed by atoms with Crippen molar-refractivity contribution in [2.24, 2.45) is 0 Å². The van der Waals surface area contributed by atoms with E-state index in [1.165, 1.54) is 17.5 Å². The molecule has 3 heterocycles. The summed E-state index contributed by atoms with van der Waals surface area (Å²) in [7, 11) is 1.73. The first kappa shape index (κ1) is 35.8. The highest BCUT2D eigenvalue weighted by molar-refractivity contribution is 6.08. The van der Waals surface area contributed by atoms with Crippen LogP contribution in [0, 0.1) is 0 Å². The molecule has 4 aromatic rings. The molecule has 4 amide bonds. The molecule has 3 aromatic carbocycles. The van der Waals surface area contributed by atoms with Gasteiger partial charge in [-0.3, -0.25) is 29.1 Å². The van der Waals surface area contributed by atoms with E-state index in [1.54, 1.807) is 54.5 Å². The lowest BCUT2D eigenvalue weighted by molar-refractivity contribution is -0.124. The molecule has 1 atom stereocenters. The average molecular weight is 714 g/mol. The normalized spacial score (nSPS) is 17.3. The van der Waals surface area contributed by atoms with Gasteiger partial charge in [0.1, 0.15) is 0 Å². The van der Waals surface area contributed by atoms with E-state index in [9.17, 15) is 19.2 Å². The Labute approximate surface area is 310 Å². The van der Waals surface area contributed by atoms with E-state index < -0.39 is 0 Å². The molecule has 274 valence electrons. The maximum Gasteiger partial charge on any atom is 0.255 e. The van der Waals surface area contributed by atoms with Crippen molar-refractivity contribution in [1.82, 2.24) is 25.4 Å². The summed E-state index contributed by atoms with van der Waals surface area (Å²) in [6.45, 7) is 4.60. The zero-order chi connectivity index (χ0) is 36.7. The molecule has 11 heteroatoms. The SMILES string of the molecule is CN(CCN1CCNC(=O)C1)C(=O)c1cccc(C(=O)Nc2ccc(N3CCCCC3)cc2-c2cc(C(=O)N[C@H]3CCCc4ccccc43)ccn2)c1. The number of pyridine rings is 1. The highest BCUT2D eigenvalue weighted by Gasteiger charge is 2.24. The van der Waals surface area contributed by atoms with Gasteiger partial charge in [-0.15, -0.1) is 0 Å². The van der Waals surface area contributed by atoms with Crippen LogP contribution in [0.5, 0.6) is 0 Å². The molecule has 0 unspecified atom stereocenters. The van der Waals surface area contributed by atoms with Crippen LogP contribution in [0.15, 0.2) is 85.1 Å². The third-order valence-electron chi connectivity index (χ3n) is 10.5. The summed E-state index contributed by atoms with van der Waals surface area (Å²) in [5.41, 5.74) is 6.57. The Morgan fingerprint density at radius 1 is 0.868 bits per heavy atom. The zero-order valence-electron chi connectivity index (χ0n) is 30.3. The number of rotatable bonds is 10. The summed E-state index contributed by atoms with van der Waals surface area (Å²) in [6, 6.07) is 24.4. The Morgan fingerprint density at radius 2 is 1.68 bits per heavy atom. The van der Waals surface area contributed by atoms with Gasteiger partial charge in [-0.25, -0.2) is 0 Å². The number of piperazine rings is 1. The monoisotopic (exact) mass is 713 g/mol. The number of carbonyl (C=O) groups excluding carboxylic acids is 4. The molecule has 3 aliphatic rings. The predicted octanol–water partition coefficient (Wildman–Crippen LogP) is 5.30. The lowest BCUT2D eigenvalue weighted by atomic mass is 9.87. The number of fused-ring (bicyclic) bond motifs is 1. The first-order chi connectivity index (χ1) is 25.8. The lowest BCUT2D eigenvalue weighted by Gasteiger charge is -2.29. The van der Waals surface area contributed by atoms with Gasteiger partial charge in [0, 0.05) is 80.5 Å². The molecule has 0 radical (unpaired) electrons. The number of carbonyl (C=O) groups is 4. The Kier molecular flexibility index (Phi) is 11.1. The number of anilines is 2. The van der Waals surface area contributed by atoms with Gasteiger partial charge in [-0.05, 0) is 98.2 Å². The summed E-state index contributed by atoms with van der Waals surface area (Å²) in [5, 5.41) is 9.15. The van der Waals surface area contributed by atoms with Gasteiger partial charge in [0.25, 0.3) is 17.7 Å². The van der Waals surface area contributed by atoms with E-state index in [-0.39, 0.29) is 29.7 Å². The number of likely N-dealkylation sites (N-methyl/N-ethyl adjacent to an activating group) is 1. The highest BCUT2D eigenvalue weighted by Crippen LogP contribution is 2.34. The van der Waals surface area contributed by atoms with Gasteiger partial charge >= 0.3 is 0 Å². The second-order valence-electron chi connectivity index (χ2n) is 14.2. The second-order valence-corrected chi connectivity index (χ2v) is 14.2. The smallest absolute Gasteiger partial charge is 0.255 e. The predicted molar refractivity (Wildman–Crippen MR) is 206 cm³/mol. The van der Waals surface area contributed by atoms with Crippen molar-refractivity contribution in [2.45, 2.75) is 44.6 Å². The molecule has 0 spiro atoms. The number of nitrogens with one attached hydrogen (secondary N) is 3. The van der Waals surface area contributed by atoms with E-state index in [0.717, 1.165) is 57.4 Å². The fourth-order valence-corrected chi connectivity index (χ4v) is 7.55. The molecular formula is C42H47N7O4. The third kappa shape index (κ3) is 8.58. The minimum absolute atomic E-state index is 0.0108. The minimum atomic E-state index is -0.363. The van der Waals surface area contributed by atoms with Crippen molar-refractivity contribution in [3.8, 4) is 11.3 Å². The van der Waals surface area contributed by atoms with E-state index >= 15 is 0 Å². The molecule has 1 aromatic heterocycles. The molecule has 2 aliphatic heterocycles. The molecule has 2 saturated heterocycles. The molecule has 1 aliphatic carbocycles. The Balaban J connectivity index is 1.10. The Morgan fingerprint density at radius 3 is 2.53 bits per heavy atom. The molecular weight excluding hydrogens is 667 g/mol. The van der Waals surface area contributed by atoms with Crippen LogP contribution in [0.1, 0.15) is 80.3 Å². The topological polar surface area (TPSA) is 127 Å². The molecule has 3 N–H and O–H groups in total. The van der Waals surface area contributed by atoms with Crippen LogP contribution in [0.4, 0.5) is 11.4 Å². The van der Waals surface area contributed by atoms with E-state index in [0.29, 0.717) is 59.8 Å². The van der Waals surface area contributed by atoms with Crippen molar-refractivity contribution >= 4 is 35.0 Å². The number of hydrogen-bond acceptors (Lipinski definition) is 7. The number of aromatic nitrogens is 1. The van der Waals surface area contributed by atoms with Gasteiger partial charge in [0.15, 0.2) is 0 Å². The van der Waals surface area contributed by atoms with Crippen LogP contribution in [-0.2, 0) is 11.2 Å². The summed E-state index contributed by atoms with van der Waals surface area (Å²) in [5.74, 6) is -0.744. The maximum atomic E-state index is 13.8. The van der Waals surface area contributed by atoms with Gasteiger partial charge in [0.05, 0.1) is 24.0 Å². The van der Waals surface area contributed by atoms with Crippen molar-refractivity contribution in [1.29, 1.82) is 0 Å². The van der Waals surface area contributed by atoms with Gasteiger partial charge < -0.3 is 25.8 Å². The molecule has 11 nitrogen and oxygen atoms in total. The zero-order valence-corrected chi connectivity index (χ0v) is 30.3. The van der Waals surface area contributed by atoms with Crippen LogP contribution < -0.4 is 20.9 Å². The van der Waals surface area contributed by atoms with E-state index in [4.69, 9.17) is 0 Å². The van der Waals surface area contributed by atoms with Gasteiger partial charge in [-0.1, -0.05) is 30.3 Å². The van der Waals surface area contributed by atoms with Crippen molar-refractivity contribution in [3.63, 3.8) is 0 Å². The summed E-state index contributed by atoms with van der Waals surface area (Å²) in [4.78, 5) is 63.3. The molecule has 53 heavy (non-hydrogen) atoms. The van der Waals surface area contributed by atoms with Crippen LogP contribution in [0.2, 0.25) is 0 Å². The van der Waals surface area contributed by atoms with Crippen molar-refractivity contribution in [2.75, 3.05) is 63.1 Å². The van der Waals surface area contributed by atoms with Crippen molar-refractivity contribution in [3.05, 3.63) is 113 Å². The van der Waals surface area contributed by atoms with Crippen molar-refractivity contribution < 1.29 is 19.2 Å². The summed E-state index contributed by atoms with van der Waals surface area (Å²) < 4.78 is 0. The Hall–Kier alpha value is -5.55. The first-order valence-electron chi connectivity index (χ1n) is 18.7. The number of nitrogens with zero attached hydrogens (tertiary/aromatic N) is 4. The average Bonchev–Trinajstić information content (AvgIpc) is 3.20. The summed E-state index contributed by atoms with van der Waals surface area (Å²) >= 11 is 0. The lowest BCUT2D eigenvalue weighted by Crippen LogP contribution is -2.49. The molecule has 2 fully saturated rings. The second kappa shape index (κ2) is 16.4. The standard InChI is InChI=1S/C42H47N7O4/c1-47(23-24-48-22-19-44-39(50)28-48)42(53)32-12-7-11-30(25-32)40(51)46-37-16-15-33(49-20-5-2-6-21-49)27-35(37)38-26-31(17-18-43-38)41(52)45-36-14-8-10-29-9-3-4-13-34(29)36/h3-4,7,9,11-13,15-18,25-27,36H,2,5-6,8,10,14,19-24,28H2,1H3,(H,44,50)(H,45,52)(H,46,51)/t36-/m0/s1. The maximum absolute atomic E-state index is 13.8. The number of piperidine rings is 1. The number of amides is 4. The van der Waals surface area contributed by atoms with Gasteiger partial charge in [-0.2, -0.15) is 0 Å². The van der Waals surface area contributed by atoms with Crippen LogP contribution in [0.3, 0.4) is 0 Å². The number of aryl methyl sites for hydroxylation is 1. The summed E-state index contributed by atoms with van der Waals surface area (Å²) in [6.07, 6.45) is 8.00. The first-order valence-corrected chi connectivity index (χ1v) is 18.7. The van der Waals surface area contributed by atoms with Crippen LogP contribution >= 0.6 is 0 Å². The molecule has 0 saturated carbocycles. The molecule has 0 bridgehead atoms. The highest BCUT2D eigenvalue weighted by atomic mass is 16.2. The Bertz CT molecular complexity index is 1990. The van der Waals surface area contributed by atoms with E-state index in [1.807, 2.05) is 35.2 Å². The fraction of sp³-hybridized carbons (Fsp3) is 0.357. The quantitative estimate of drug-likeness (QED) is 0.204.